The number of hydrogen-bond acceptors (Lipinski definition) is 6. The highest BCUT2D eigenvalue weighted by Gasteiger charge is 2.25. The predicted molar refractivity (Wildman–Crippen MR) is 119 cm³/mol. The van der Waals surface area contributed by atoms with Gasteiger partial charge < -0.3 is 5.11 Å². The summed E-state index contributed by atoms with van der Waals surface area (Å²) in [6, 6.07) is 7.60. The molecule has 1 atom stereocenters. The minimum absolute atomic E-state index is 0.000253. The lowest BCUT2D eigenvalue weighted by Crippen LogP contribution is -2.19. The number of halogens is 1. The number of phenolic OH excluding ortho intramolecular Hbond substituents is 1. The van der Waals surface area contributed by atoms with Gasteiger partial charge in [-0.25, -0.2) is 4.98 Å². The molecule has 0 saturated carbocycles. The molecule has 1 N–H and O–H groups in total. The van der Waals surface area contributed by atoms with Crippen LogP contribution in [0, 0.1) is 17.2 Å². The number of ketones is 1. The first-order chi connectivity index (χ1) is 14.9. The van der Waals surface area contributed by atoms with Gasteiger partial charge in [-0.05, 0) is 55.0 Å². The largest absolute Gasteiger partial charge is 0.507 e. The molecule has 31 heavy (non-hydrogen) atoms. The van der Waals surface area contributed by atoms with Gasteiger partial charge in [0.2, 0.25) is 0 Å². The molecule has 3 heterocycles. The quantitative estimate of drug-likeness (QED) is 0.455. The van der Waals surface area contributed by atoms with E-state index in [-0.39, 0.29) is 33.6 Å². The molecule has 0 amide bonds. The monoisotopic (exact) mass is 449 g/mol. The molecule has 0 unspecified atom stereocenters. The second kappa shape index (κ2) is 7.19. The standard InChI is InChI=1S/C23H16ClN3O3S/c1-11-2-4-15-18(6-11)31-22-19(15)23(30)27-10-13(7-12(9-25)21(27)26-22)20(29)16-8-14(24)3-5-17(16)28/h3,5,7-8,10-11,28H,2,4,6H2,1H3/t11-/m0/s1. The van der Waals surface area contributed by atoms with Crippen LogP contribution in [0.5, 0.6) is 5.75 Å². The number of nitriles is 1. The lowest BCUT2D eigenvalue weighted by atomic mass is 9.89. The van der Waals surface area contributed by atoms with Gasteiger partial charge in [-0.1, -0.05) is 18.5 Å². The first-order valence-corrected chi connectivity index (χ1v) is 11.0. The van der Waals surface area contributed by atoms with Gasteiger partial charge in [-0.15, -0.1) is 11.3 Å². The zero-order valence-corrected chi connectivity index (χ0v) is 18.0. The summed E-state index contributed by atoms with van der Waals surface area (Å²) >= 11 is 7.49. The Morgan fingerprint density at radius 2 is 2.19 bits per heavy atom. The number of aromatic nitrogens is 2. The highest BCUT2D eigenvalue weighted by molar-refractivity contribution is 7.18. The number of hydrogen-bond donors (Lipinski definition) is 1. The average molecular weight is 450 g/mol. The van der Waals surface area contributed by atoms with E-state index in [1.807, 2.05) is 6.07 Å². The Balaban J connectivity index is 1.78. The van der Waals surface area contributed by atoms with Crippen LogP contribution >= 0.6 is 22.9 Å². The van der Waals surface area contributed by atoms with Gasteiger partial charge in [0, 0.05) is 21.7 Å². The lowest BCUT2D eigenvalue weighted by molar-refractivity contribution is 0.103. The van der Waals surface area contributed by atoms with Gasteiger partial charge in [0.25, 0.3) is 5.56 Å². The number of phenols is 1. The molecule has 0 radical (unpaired) electrons. The SMILES string of the molecule is C[C@H]1CCc2c(sc3nc4c(C#N)cc(C(=O)c5cc(Cl)ccc5O)cn4c(=O)c23)C1. The normalized spacial score (nSPS) is 15.7. The van der Waals surface area contributed by atoms with E-state index in [9.17, 15) is 20.0 Å². The second-order valence-corrected chi connectivity index (χ2v) is 9.41. The number of fused-ring (bicyclic) bond motifs is 4. The number of aryl methyl sites for hydroxylation is 1. The van der Waals surface area contributed by atoms with Crippen LogP contribution < -0.4 is 5.56 Å². The summed E-state index contributed by atoms with van der Waals surface area (Å²) in [5.41, 5.74) is 1.19. The first-order valence-electron chi connectivity index (χ1n) is 9.81. The van der Waals surface area contributed by atoms with Crippen molar-refractivity contribution in [2.75, 3.05) is 0 Å². The number of nitrogens with zero attached hydrogens (tertiary/aromatic N) is 3. The third kappa shape index (κ3) is 3.11. The molecule has 4 aromatic rings. The molecule has 0 bridgehead atoms. The molecule has 1 aromatic carbocycles. The van der Waals surface area contributed by atoms with Gasteiger partial charge in [-0.2, -0.15) is 5.26 Å². The zero-order valence-electron chi connectivity index (χ0n) is 16.5. The van der Waals surface area contributed by atoms with Crippen molar-refractivity contribution in [2.45, 2.75) is 26.2 Å². The number of aromatic hydroxyl groups is 1. The van der Waals surface area contributed by atoms with Crippen LogP contribution in [-0.4, -0.2) is 20.3 Å². The Labute approximate surface area is 186 Å². The summed E-state index contributed by atoms with van der Waals surface area (Å²) in [5, 5.41) is 20.7. The number of benzene rings is 1. The first kappa shape index (κ1) is 19.7. The van der Waals surface area contributed by atoms with Crippen molar-refractivity contribution in [2.24, 2.45) is 5.92 Å². The van der Waals surface area contributed by atoms with Crippen LogP contribution in [0.4, 0.5) is 0 Å². The number of carbonyl (C=O) groups excluding carboxylic acids is 1. The summed E-state index contributed by atoms with van der Waals surface area (Å²) in [6.07, 6.45) is 4.14. The summed E-state index contributed by atoms with van der Waals surface area (Å²) in [7, 11) is 0. The van der Waals surface area contributed by atoms with Crippen molar-refractivity contribution in [3.63, 3.8) is 0 Å². The fraction of sp³-hybridized carbons (Fsp3) is 0.217. The molecule has 0 spiro atoms. The van der Waals surface area contributed by atoms with Gasteiger partial charge >= 0.3 is 0 Å². The minimum Gasteiger partial charge on any atom is -0.507 e. The minimum atomic E-state index is -0.536. The van der Waals surface area contributed by atoms with E-state index in [2.05, 4.69) is 11.9 Å². The van der Waals surface area contributed by atoms with Crippen LogP contribution in [0.3, 0.4) is 0 Å². The summed E-state index contributed by atoms with van der Waals surface area (Å²) in [4.78, 5) is 32.9. The average Bonchev–Trinajstić information content (AvgIpc) is 3.12. The molecular weight excluding hydrogens is 434 g/mol. The van der Waals surface area contributed by atoms with Crippen molar-refractivity contribution in [3.8, 4) is 11.8 Å². The summed E-state index contributed by atoms with van der Waals surface area (Å²) in [6.45, 7) is 2.20. The van der Waals surface area contributed by atoms with E-state index in [1.54, 1.807) is 0 Å². The van der Waals surface area contributed by atoms with Gasteiger partial charge in [0.15, 0.2) is 11.4 Å². The van der Waals surface area contributed by atoms with Crippen LogP contribution in [0.1, 0.15) is 45.3 Å². The van der Waals surface area contributed by atoms with Gasteiger partial charge in [-0.3, -0.25) is 14.0 Å². The predicted octanol–water partition coefficient (Wildman–Crippen LogP) is 4.50. The molecule has 8 heteroatoms. The van der Waals surface area contributed by atoms with Crippen molar-refractivity contribution >= 4 is 44.6 Å². The summed E-state index contributed by atoms with van der Waals surface area (Å²) in [5.74, 6) is -0.205. The highest BCUT2D eigenvalue weighted by Crippen LogP contribution is 2.36. The van der Waals surface area contributed by atoms with E-state index in [1.165, 1.54) is 51.1 Å². The topological polar surface area (TPSA) is 95.5 Å². The van der Waals surface area contributed by atoms with Crippen LogP contribution in [0.15, 0.2) is 35.3 Å². The number of rotatable bonds is 2. The molecular formula is C23H16ClN3O3S. The van der Waals surface area contributed by atoms with Crippen molar-refractivity contribution in [3.05, 3.63) is 73.0 Å². The highest BCUT2D eigenvalue weighted by atomic mass is 35.5. The third-order valence-electron chi connectivity index (χ3n) is 5.76. The molecule has 5 rings (SSSR count). The zero-order chi connectivity index (χ0) is 21.9. The Morgan fingerprint density at radius 3 is 2.97 bits per heavy atom. The molecule has 0 fully saturated rings. The number of pyridine rings is 1. The fourth-order valence-corrected chi connectivity index (χ4v) is 5.71. The Bertz CT molecular complexity index is 1510. The Kier molecular flexibility index (Phi) is 4.58. The molecule has 6 nitrogen and oxygen atoms in total. The molecule has 0 aliphatic heterocycles. The third-order valence-corrected chi connectivity index (χ3v) is 7.14. The van der Waals surface area contributed by atoms with E-state index in [0.29, 0.717) is 21.2 Å². The molecule has 154 valence electrons. The van der Waals surface area contributed by atoms with Crippen LogP contribution in [-0.2, 0) is 12.8 Å². The van der Waals surface area contributed by atoms with Crippen LogP contribution in [0.2, 0.25) is 5.02 Å². The van der Waals surface area contributed by atoms with Crippen LogP contribution in [0.25, 0.3) is 15.9 Å². The van der Waals surface area contributed by atoms with Gasteiger partial charge in [0.1, 0.15) is 16.6 Å². The Morgan fingerprint density at radius 1 is 1.39 bits per heavy atom. The maximum atomic E-state index is 13.4. The van der Waals surface area contributed by atoms with E-state index < -0.39 is 5.78 Å². The maximum Gasteiger partial charge on any atom is 0.266 e. The van der Waals surface area contributed by atoms with E-state index in [4.69, 9.17) is 11.6 Å². The fourth-order valence-electron chi connectivity index (χ4n) is 4.16. The smallest absolute Gasteiger partial charge is 0.266 e. The molecule has 1 aliphatic rings. The molecule has 0 saturated heterocycles. The number of carbonyl (C=O) groups is 1. The summed E-state index contributed by atoms with van der Waals surface area (Å²) < 4.78 is 1.28. The molecule has 1 aliphatic carbocycles. The maximum absolute atomic E-state index is 13.4. The van der Waals surface area contributed by atoms with E-state index >= 15 is 0 Å². The van der Waals surface area contributed by atoms with Crippen molar-refractivity contribution in [1.82, 2.24) is 9.38 Å². The van der Waals surface area contributed by atoms with Gasteiger partial charge in [0.05, 0.1) is 16.5 Å². The second-order valence-electron chi connectivity index (χ2n) is 7.89. The lowest BCUT2D eigenvalue weighted by Gasteiger charge is -2.17. The van der Waals surface area contributed by atoms with E-state index in [0.717, 1.165) is 24.8 Å². The Hall–Kier alpha value is -3.21. The van der Waals surface area contributed by atoms with Crippen molar-refractivity contribution in [1.29, 1.82) is 5.26 Å². The van der Waals surface area contributed by atoms with Crippen molar-refractivity contribution < 1.29 is 9.90 Å². The number of thiophene rings is 1. The molecule has 3 aromatic heterocycles.